The molecule has 2 aromatic rings. The van der Waals surface area contributed by atoms with Gasteiger partial charge in [0.1, 0.15) is 0 Å². The zero-order valence-electron chi connectivity index (χ0n) is 8.01. The standard InChI is InChI=1S/C10H12N4/c1-8-5-13-14(7-8)10-6-12-3-2-9(10)4-11/h2-3,5-7H,4,11H2,1H3. The fourth-order valence-corrected chi connectivity index (χ4v) is 1.34. The first-order chi connectivity index (χ1) is 6.81. The maximum absolute atomic E-state index is 5.63. The fourth-order valence-electron chi connectivity index (χ4n) is 1.34. The molecule has 0 unspecified atom stereocenters. The molecule has 0 aliphatic heterocycles. The van der Waals surface area contributed by atoms with Crippen LogP contribution in [0.1, 0.15) is 11.1 Å². The molecule has 2 aromatic heterocycles. The summed E-state index contributed by atoms with van der Waals surface area (Å²) in [5, 5.41) is 4.22. The van der Waals surface area contributed by atoms with Gasteiger partial charge in [0.15, 0.2) is 0 Å². The predicted octanol–water partition coefficient (Wildman–Crippen LogP) is 1.03. The van der Waals surface area contributed by atoms with E-state index in [0.717, 1.165) is 16.8 Å². The third-order valence-corrected chi connectivity index (χ3v) is 2.07. The van der Waals surface area contributed by atoms with Gasteiger partial charge in [0, 0.05) is 18.9 Å². The van der Waals surface area contributed by atoms with Gasteiger partial charge in [-0.25, -0.2) is 4.68 Å². The van der Waals surface area contributed by atoms with Crippen LogP contribution in [0.15, 0.2) is 30.9 Å². The van der Waals surface area contributed by atoms with Crippen LogP contribution in [0.5, 0.6) is 0 Å². The van der Waals surface area contributed by atoms with Crippen LogP contribution in [0.25, 0.3) is 5.69 Å². The van der Waals surface area contributed by atoms with Crippen LogP contribution < -0.4 is 5.73 Å². The van der Waals surface area contributed by atoms with Crippen molar-refractivity contribution >= 4 is 0 Å². The van der Waals surface area contributed by atoms with Crippen molar-refractivity contribution in [2.24, 2.45) is 5.73 Å². The van der Waals surface area contributed by atoms with E-state index < -0.39 is 0 Å². The van der Waals surface area contributed by atoms with Gasteiger partial charge in [-0.1, -0.05) is 0 Å². The Morgan fingerprint density at radius 1 is 1.43 bits per heavy atom. The smallest absolute Gasteiger partial charge is 0.0873 e. The Balaban J connectivity index is 2.50. The van der Waals surface area contributed by atoms with Crippen molar-refractivity contribution in [2.45, 2.75) is 13.5 Å². The molecule has 0 aromatic carbocycles. The number of nitrogens with two attached hydrogens (primary N) is 1. The van der Waals surface area contributed by atoms with E-state index in [9.17, 15) is 0 Å². The Kier molecular flexibility index (Phi) is 2.28. The maximum Gasteiger partial charge on any atom is 0.0873 e. The van der Waals surface area contributed by atoms with Crippen molar-refractivity contribution in [2.75, 3.05) is 0 Å². The Morgan fingerprint density at radius 2 is 2.29 bits per heavy atom. The summed E-state index contributed by atoms with van der Waals surface area (Å²) in [6.45, 7) is 2.50. The molecule has 2 heterocycles. The second-order valence-corrected chi connectivity index (χ2v) is 3.17. The van der Waals surface area contributed by atoms with Crippen LogP contribution in [0.2, 0.25) is 0 Å². The monoisotopic (exact) mass is 188 g/mol. The van der Waals surface area contributed by atoms with Gasteiger partial charge in [0.25, 0.3) is 0 Å². The molecule has 0 aliphatic rings. The number of aryl methyl sites for hydroxylation is 1. The van der Waals surface area contributed by atoms with Gasteiger partial charge in [-0.2, -0.15) is 5.10 Å². The number of hydrogen-bond acceptors (Lipinski definition) is 3. The molecule has 4 heteroatoms. The molecular formula is C10H12N4. The van der Waals surface area contributed by atoms with E-state index in [1.54, 1.807) is 17.1 Å². The highest BCUT2D eigenvalue weighted by Crippen LogP contribution is 2.11. The first kappa shape index (κ1) is 8.90. The van der Waals surface area contributed by atoms with Crippen LogP contribution in [0, 0.1) is 6.92 Å². The molecule has 0 saturated heterocycles. The summed E-state index contributed by atoms with van der Waals surface area (Å²) in [4.78, 5) is 4.06. The van der Waals surface area contributed by atoms with E-state index in [0.29, 0.717) is 6.54 Å². The molecule has 2 rings (SSSR count). The third-order valence-electron chi connectivity index (χ3n) is 2.07. The number of hydrogen-bond donors (Lipinski definition) is 1. The topological polar surface area (TPSA) is 56.7 Å². The van der Waals surface area contributed by atoms with Gasteiger partial charge < -0.3 is 5.73 Å². The maximum atomic E-state index is 5.63. The third kappa shape index (κ3) is 1.52. The molecule has 0 spiro atoms. The Labute approximate surface area is 82.4 Å². The summed E-state index contributed by atoms with van der Waals surface area (Å²) >= 11 is 0. The average molecular weight is 188 g/mol. The SMILES string of the molecule is Cc1cnn(-c2cnccc2CN)c1. The molecule has 0 radical (unpaired) electrons. The normalized spacial score (nSPS) is 10.4. The summed E-state index contributed by atoms with van der Waals surface area (Å²) < 4.78 is 1.80. The number of rotatable bonds is 2. The zero-order chi connectivity index (χ0) is 9.97. The highest BCUT2D eigenvalue weighted by Gasteiger charge is 2.03. The zero-order valence-corrected chi connectivity index (χ0v) is 8.01. The van der Waals surface area contributed by atoms with Gasteiger partial charge in [-0.15, -0.1) is 0 Å². The van der Waals surface area contributed by atoms with Crippen LogP contribution in [-0.2, 0) is 6.54 Å². The van der Waals surface area contributed by atoms with Crippen molar-refractivity contribution in [3.8, 4) is 5.69 Å². The van der Waals surface area contributed by atoms with Gasteiger partial charge in [0.05, 0.1) is 18.1 Å². The number of aromatic nitrogens is 3. The minimum absolute atomic E-state index is 0.497. The minimum Gasteiger partial charge on any atom is -0.326 e. The van der Waals surface area contributed by atoms with Crippen molar-refractivity contribution < 1.29 is 0 Å². The summed E-state index contributed by atoms with van der Waals surface area (Å²) in [6, 6.07) is 1.91. The van der Waals surface area contributed by atoms with Gasteiger partial charge >= 0.3 is 0 Å². The van der Waals surface area contributed by atoms with Crippen LogP contribution in [-0.4, -0.2) is 14.8 Å². The molecular weight excluding hydrogens is 176 g/mol. The largest absolute Gasteiger partial charge is 0.326 e. The molecule has 0 bridgehead atoms. The Morgan fingerprint density at radius 3 is 2.93 bits per heavy atom. The lowest BCUT2D eigenvalue weighted by molar-refractivity contribution is 0.850. The lowest BCUT2D eigenvalue weighted by Crippen LogP contribution is -2.05. The van der Waals surface area contributed by atoms with E-state index in [1.807, 2.05) is 25.4 Å². The first-order valence-corrected chi connectivity index (χ1v) is 4.46. The van der Waals surface area contributed by atoms with E-state index in [4.69, 9.17) is 5.73 Å². The summed E-state index contributed by atoms with van der Waals surface area (Å²) in [5.74, 6) is 0. The van der Waals surface area contributed by atoms with Crippen molar-refractivity contribution in [1.29, 1.82) is 0 Å². The lowest BCUT2D eigenvalue weighted by Gasteiger charge is -2.05. The van der Waals surface area contributed by atoms with Crippen molar-refractivity contribution in [3.63, 3.8) is 0 Å². The second kappa shape index (κ2) is 3.59. The highest BCUT2D eigenvalue weighted by atomic mass is 15.3. The molecule has 0 aliphatic carbocycles. The summed E-state index contributed by atoms with van der Waals surface area (Å²) in [5.41, 5.74) is 8.74. The molecule has 0 amide bonds. The van der Waals surface area contributed by atoms with Gasteiger partial charge in [-0.05, 0) is 24.1 Å². The van der Waals surface area contributed by atoms with Crippen LogP contribution in [0.3, 0.4) is 0 Å². The van der Waals surface area contributed by atoms with Gasteiger partial charge in [-0.3, -0.25) is 4.98 Å². The van der Waals surface area contributed by atoms with Crippen molar-refractivity contribution in [1.82, 2.24) is 14.8 Å². The van der Waals surface area contributed by atoms with Gasteiger partial charge in [0.2, 0.25) is 0 Å². The predicted molar refractivity (Wildman–Crippen MR) is 54.0 cm³/mol. The molecule has 0 fully saturated rings. The van der Waals surface area contributed by atoms with Crippen molar-refractivity contribution in [3.05, 3.63) is 42.0 Å². The molecule has 0 saturated carbocycles. The van der Waals surface area contributed by atoms with E-state index in [2.05, 4.69) is 10.1 Å². The Bertz CT molecular complexity index is 433. The molecule has 2 N–H and O–H groups in total. The molecule has 72 valence electrons. The van der Waals surface area contributed by atoms with Crippen LogP contribution >= 0.6 is 0 Å². The van der Waals surface area contributed by atoms with Crippen LogP contribution in [0.4, 0.5) is 0 Å². The van der Waals surface area contributed by atoms with E-state index >= 15 is 0 Å². The first-order valence-electron chi connectivity index (χ1n) is 4.46. The van der Waals surface area contributed by atoms with E-state index in [-0.39, 0.29) is 0 Å². The molecule has 0 atom stereocenters. The number of pyridine rings is 1. The summed E-state index contributed by atoms with van der Waals surface area (Å²) in [7, 11) is 0. The van der Waals surface area contributed by atoms with E-state index in [1.165, 1.54) is 0 Å². The minimum atomic E-state index is 0.497. The second-order valence-electron chi connectivity index (χ2n) is 3.17. The quantitative estimate of drug-likeness (QED) is 0.766. The fraction of sp³-hybridized carbons (Fsp3) is 0.200. The highest BCUT2D eigenvalue weighted by molar-refractivity contribution is 5.37. The average Bonchev–Trinajstić information content (AvgIpc) is 2.65. The lowest BCUT2D eigenvalue weighted by atomic mass is 10.2. The summed E-state index contributed by atoms with van der Waals surface area (Å²) in [6.07, 6.45) is 7.28. The molecule has 4 nitrogen and oxygen atoms in total. The molecule has 14 heavy (non-hydrogen) atoms. The Hall–Kier alpha value is -1.68. The number of nitrogens with zero attached hydrogens (tertiary/aromatic N) is 3.